The van der Waals surface area contributed by atoms with Crippen LogP contribution >= 0.6 is 11.3 Å². The molecular weight excluding hydrogens is 415 g/mol. The number of benzene rings is 1. The number of nitrogens with zero attached hydrogens (tertiary/aromatic N) is 2. The Balaban J connectivity index is 1.44. The maximum atomic E-state index is 13.8. The number of likely N-dealkylation sites (tertiary alicyclic amines) is 1. The van der Waals surface area contributed by atoms with E-state index in [9.17, 15) is 23.9 Å². The molecule has 2 aliphatic rings. The lowest BCUT2D eigenvalue weighted by molar-refractivity contribution is -0.177. The van der Waals surface area contributed by atoms with Crippen LogP contribution in [0.3, 0.4) is 0 Å². The first-order valence-electron chi connectivity index (χ1n) is 9.33. The summed E-state index contributed by atoms with van der Waals surface area (Å²) in [5, 5.41) is 9.55. The van der Waals surface area contributed by atoms with Gasteiger partial charge in [0, 0.05) is 24.4 Å². The first-order valence-corrected chi connectivity index (χ1v) is 10.2. The SMILES string of the molecule is C[C@@H](CC(=O)N1C(=O)[C@H](Cc2cncs2)[C@H]1C(=O)O)c1ccc2c(c1)OC(C)(F)O2. The van der Waals surface area contributed by atoms with E-state index in [-0.39, 0.29) is 30.3 Å². The fraction of sp³-hybridized carbons (Fsp3) is 0.400. The highest BCUT2D eigenvalue weighted by Gasteiger charge is 2.54. The molecule has 1 N–H and O–H groups in total. The van der Waals surface area contributed by atoms with Crippen molar-refractivity contribution in [1.29, 1.82) is 0 Å². The number of carbonyl (C=O) groups excluding carboxylic acids is 2. The van der Waals surface area contributed by atoms with E-state index in [1.165, 1.54) is 11.3 Å². The minimum atomic E-state index is -2.24. The first kappa shape index (κ1) is 20.3. The number of aliphatic carboxylic acids is 1. The van der Waals surface area contributed by atoms with Crippen molar-refractivity contribution in [2.24, 2.45) is 5.92 Å². The number of carboxylic acids is 1. The summed E-state index contributed by atoms with van der Waals surface area (Å²) in [5.41, 5.74) is 2.29. The molecule has 2 aromatic rings. The molecule has 0 radical (unpaired) electrons. The zero-order valence-corrected chi connectivity index (χ0v) is 17.0. The predicted molar refractivity (Wildman–Crippen MR) is 103 cm³/mol. The minimum absolute atomic E-state index is 0.0741. The lowest BCUT2D eigenvalue weighted by Crippen LogP contribution is -2.66. The molecule has 1 unspecified atom stereocenters. The molecule has 0 aliphatic carbocycles. The van der Waals surface area contributed by atoms with Crippen LogP contribution in [0.1, 0.15) is 36.6 Å². The van der Waals surface area contributed by atoms with Gasteiger partial charge in [-0.25, -0.2) is 4.79 Å². The van der Waals surface area contributed by atoms with Gasteiger partial charge in [-0.3, -0.25) is 19.5 Å². The average Bonchev–Trinajstić information content (AvgIpc) is 3.27. The molecule has 2 amide bonds. The molecule has 4 atom stereocenters. The molecule has 0 saturated carbocycles. The second-order valence-electron chi connectivity index (χ2n) is 7.51. The van der Waals surface area contributed by atoms with Crippen LogP contribution in [0.5, 0.6) is 11.5 Å². The van der Waals surface area contributed by atoms with Crippen LogP contribution in [0.15, 0.2) is 29.9 Å². The van der Waals surface area contributed by atoms with Crippen molar-refractivity contribution in [3.8, 4) is 11.5 Å². The Bertz CT molecular complexity index is 1010. The molecule has 1 fully saturated rings. The predicted octanol–water partition coefficient (Wildman–Crippen LogP) is 2.73. The van der Waals surface area contributed by atoms with Crippen molar-refractivity contribution in [1.82, 2.24) is 9.88 Å². The lowest BCUT2D eigenvalue weighted by Gasteiger charge is -2.43. The fourth-order valence-corrected chi connectivity index (χ4v) is 4.41. The van der Waals surface area contributed by atoms with Gasteiger partial charge >= 0.3 is 12.0 Å². The number of hydrogen-bond donors (Lipinski definition) is 1. The Morgan fingerprint density at radius 2 is 2.10 bits per heavy atom. The summed E-state index contributed by atoms with van der Waals surface area (Å²) in [6.07, 6.45) is 1.75. The molecule has 0 spiro atoms. The molecule has 3 heterocycles. The molecule has 8 nitrogen and oxygen atoms in total. The molecule has 1 aromatic carbocycles. The Labute approximate surface area is 175 Å². The molecular formula is C20H19FN2O6S. The number of rotatable bonds is 6. The Kier molecular flexibility index (Phi) is 4.97. The van der Waals surface area contributed by atoms with E-state index in [2.05, 4.69) is 4.98 Å². The van der Waals surface area contributed by atoms with Gasteiger partial charge in [-0.05, 0) is 30.0 Å². The van der Waals surface area contributed by atoms with Crippen molar-refractivity contribution in [2.75, 3.05) is 0 Å². The van der Waals surface area contributed by atoms with E-state index in [0.717, 1.165) is 16.7 Å². The van der Waals surface area contributed by atoms with E-state index in [0.29, 0.717) is 5.56 Å². The summed E-state index contributed by atoms with van der Waals surface area (Å²) >= 11 is 1.33. The molecule has 1 saturated heterocycles. The van der Waals surface area contributed by atoms with Crippen LogP contribution in [0.4, 0.5) is 4.39 Å². The number of thiazole rings is 1. The van der Waals surface area contributed by atoms with E-state index in [1.54, 1.807) is 36.8 Å². The van der Waals surface area contributed by atoms with Crippen molar-refractivity contribution < 1.29 is 33.4 Å². The van der Waals surface area contributed by atoms with Crippen molar-refractivity contribution in [3.05, 3.63) is 40.3 Å². The van der Waals surface area contributed by atoms with Gasteiger partial charge in [0.05, 0.1) is 11.4 Å². The number of carbonyl (C=O) groups is 3. The Morgan fingerprint density at radius 3 is 2.77 bits per heavy atom. The summed E-state index contributed by atoms with van der Waals surface area (Å²) in [6.45, 7) is 2.91. The number of aromatic nitrogens is 1. The molecule has 30 heavy (non-hydrogen) atoms. The molecule has 2 aliphatic heterocycles. The summed E-state index contributed by atoms with van der Waals surface area (Å²) in [5.74, 6) is -2.91. The molecule has 10 heteroatoms. The topological polar surface area (TPSA) is 106 Å². The number of ether oxygens (including phenoxy) is 2. The van der Waals surface area contributed by atoms with Crippen LogP contribution in [0.25, 0.3) is 0 Å². The fourth-order valence-electron chi connectivity index (χ4n) is 3.75. The van der Waals surface area contributed by atoms with Crippen molar-refractivity contribution in [2.45, 2.75) is 44.7 Å². The number of hydrogen-bond acceptors (Lipinski definition) is 7. The largest absolute Gasteiger partial charge is 0.480 e. The maximum absolute atomic E-state index is 13.8. The van der Waals surface area contributed by atoms with Crippen LogP contribution in [-0.2, 0) is 20.8 Å². The third kappa shape index (κ3) is 3.62. The highest BCUT2D eigenvalue weighted by molar-refractivity contribution is 7.09. The summed E-state index contributed by atoms with van der Waals surface area (Å²) in [7, 11) is 0. The number of imide groups is 1. The van der Waals surface area contributed by atoms with Gasteiger partial charge in [0.2, 0.25) is 11.8 Å². The van der Waals surface area contributed by atoms with Gasteiger partial charge in [-0.2, -0.15) is 4.39 Å². The third-order valence-electron chi connectivity index (χ3n) is 5.24. The van der Waals surface area contributed by atoms with Gasteiger partial charge in [0.1, 0.15) is 6.04 Å². The zero-order valence-electron chi connectivity index (χ0n) is 16.2. The standard InChI is InChI=1S/C20H19FN2O6S/c1-10(11-3-4-14-15(6-11)29-20(2,21)28-14)5-16(24)23-17(19(26)27)13(18(23)25)7-12-8-22-9-30-12/h3-4,6,8-10,13,17H,5,7H2,1-2H3,(H,26,27)/t10-,13+,17-,20?/m0/s1. The Morgan fingerprint density at radius 1 is 1.37 bits per heavy atom. The monoisotopic (exact) mass is 434 g/mol. The normalized spacial score (nSPS) is 25.7. The number of halogens is 1. The van der Waals surface area contributed by atoms with Gasteiger partial charge in [-0.1, -0.05) is 13.0 Å². The minimum Gasteiger partial charge on any atom is -0.480 e. The van der Waals surface area contributed by atoms with Gasteiger partial charge in [0.25, 0.3) is 0 Å². The van der Waals surface area contributed by atoms with E-state index < -0.39 is 35.8 Å². The highest BCUT2D eigenvalue weighted by Crippen LogP contribution is 2.42. The van der Waals surface area contributed by atoms with Crippen LogP contribution < -0.4 is 9.47 Å². The number of amides is 2. The molecule has 1 aromatic heterocycles. The van der Waals surface area contributed by atoms with E-state index in [1.807, 2.05) is 0 Å². The summed E-state index contributed by atoms with van der Waals surface area (Å²) in [4.78, 5) is 42.5. The molecule has 4 rings (SSSR count). The molecule has 158 valence electrons. The van der Waals surface area contributed by atoms with Gasteiger partial charge < -0.3 is 14.6 Å². The first-order chi connectivity index (χ1) is 14.2. The quantitative estimate of drug-likeness (QED) is 0.697. The van der Waals surface area contributed by atoms with Crippen LogP contribution in [0.2, 0.25) is 0 Å². The summed E-state index contributed by atoms with van der Waals surface area (Å²) in [6, 6.07) is 1.38. The number of fused-ring (bicyclic) bond motifs is 1. The Hall–Kier alpha value is -3.01. The second kappa shape index (κ2) is 7.35. The van der Waals surface area contributed by atoms with Crippen molar-refractivity contribution in [3.63, 3.8) is 0 Å². The number of alkyl halides is 1. The third-order valence-corrected chi connectivity index (χ3v) is 6.04. The van der Waals surface area contributed by atoms with Crippen molar-refractivity contribution >= 4 is 29.1 Å². The lowest BCUT2D eigenvalue weighted by atomic mass is 9.83. The zero-order chi connectivity index (χ0) is 21.6. The number of β-lactam (4-membered cyclic amide) rings is 1. The van der Waals surface area contributed by atoms with Crippen LogP contribution in [-0.4, -0.2) is 44.9 Å². The van der Waals surface area contributed by atoms with Gasteiger partial charge in [0.15, 0.2) is 11.5 Å². The smallest absolute Gasteiger partial charge is 0.404 e. The maximum Gasteiger partial charge on any atom is 0.404 e. The van der Waals surface area contributed by atoms with E-state index in [4.69, 9.17) is 9.47 Å². The molecule has 0 bridgehead atoms. The number of carboxylic acid groups (broad SMARTS) is 1. The second-order valence-corrected chi connectivity index (χ2v) is 8.48. The average molecular weight is 434 g/mol. The highest BCUT2D eigenvalue weighted by atomic mass is 32.1. The summed E-state index contributed by atoms with van der Waals surface area (Å²) < 4.78 is 23.9. The van der Waals surface area contributed by atoms with Gasteiger partial charge in [-0.15, -0.1) is 11.3 Å². The van der Waals surface area contributed by atoms with E-state index >= 15 is 0 Å². The van der Waals surface area contributed by atoms with Crippen LogP contribution in [0, 0.1) is 5.92 Å².